The summed E-state index contributed by atoms with van der Waals surface area (Å²) < 4.78 is 16.7. The van der Waals surface area contributed by atoms with Crippen molar-refractivity contribution in [2.45, 2.75) is 26.8 Å². The third-order valence-corrected chi connectivity index (χ3v) is 6.52. The number of Topliss-reactive ketones (excluding diaryl/α,β-unsaturated/α-hetero) is 1. The molecule has 1 amide bonds. The van der Waals surface area contributed by atoms with Crippen LogP contribution in [0.15, 0.2) is 54.1 Å². The zero-order chi connectivity index (χ0) is 26.4. The summed E-state index contributed by atoms with van der Waals surface area (Å²) >= 11 is 0. The van der Waals surface area contributed by atoms with Crippen LogP contribution >= 0.6 is 0 Å². The summed E-state index contributed by atoms with van der Waals surface area (Å²) in [6.07, 6.45) is 0. The Labute approximate surface area is 218 Å². The van der Waals surface area contributed by atoms with Crippen LogP contribution in [0.4, 0.5) is 0 Å². The molecule has 0 saturated carbocycles. The summed E-state index contributed by atoms with van der Waals surface area (Å²) in [5, 5.41) is 11.3. The molecule has 2 fully saturated rings. The molecule has 0 aliphatic carbocycles. The van der Waals surface area contributed by atoms with Crippen molar-refractivity contribution in [1.82, 2.24) is 9.80 Å². The quantitative estimate of drug-likeness (QED) is 0.296. The van der Waals surface area contributed by atoms with Gasteiger partial charge in [0, 0.05) is 31.7 Å². The average molecular weight is 509 g/mol. The van der Waals surface area contributed by atoms with Gasteiger partial charge in [-0.2, -0.15) is 0 Å². The molecule has 0 spiro atoms. The first-order valence-electron chi connectivity index (χ1n) is 12.9. The molecule has 2 heterocycles. The van der Waals surface area contributed by atoms with Crippen molar-refractivity contribution in [3.63, 3.8) is 0 Å². The van der Waals surface area contributed by atoms with E-state index in [0.29, 0.717) is 62.5 Å². The van der Waals surface area contributed by atoms with E-state index in [-0.39, 0.29) is 11.3 Å². The van der Waals surface area contributed by atoms with Crippen molar-refractivity contribution in [3.05, 3.63) is 65.2 Å². The summed E-state index contributed by atoms with van der Waals surface area (Å²) in [6.45, 7) is 11.0. The van der Waals surface area contributed by atoms with Crippen LogP contribution in [0.5, 0.6) is 11.5 Å². The zero-order valence-electron chi connectivity index (χ0n) is 21.8. The fraction of sp³-hybridized carbons (Fsp3) is 0.448. The van der Waals surface area contributed by atoms with Gasteiger partial charge in [0.25, 0.3) is 11.7 Å². The molecule has 0 bridgehead atoms. The fourth-order valence-corrected chi connectivity index (χ4v) is 4.57. The van der Waals surface area contributed by atoms with Crippen molar-refractivity contribution >= 4 is 17.4 Å². The first-order chi connectivity index (χ1) is 17.9. The lowest BCUT2D eigenvalue weighted by atomic mass is 9.95. The number of ketones is 1. The standard InChI is InChI=1S/C29H36N2O6/c1-4-36-23-9-5-21(6-10-23)26-25(27(32)22-7-11-24(12-8-22)37-19-20(2)3)28(33)29(34)31(26)14-13-30-15-17-35-18-16-30/h5-12,20,26,32H,4,13-19H2,1-3H3/b27-25+/t26-/m1/s1. The summed E-state index contributed by atoms with van der Waals surface area (Å²) in [4.78, 5) is 30.3. The minimum Gasteiger partial charge on any atom is -0.507 e. The van der Waals surface area contributed by atoms with E-state index in [0.717, 1.165) is 18.7 Å². The van der Waals surface area contributed by atoms with Gasteiger partial charge in [0.05, 0.1) is 38.0 Å². The molecule has 4 rings (SSSR count). The van der Waals surface area contributed by atoms with Crippen molar-refractivity contribution in [1.29, 1.82) is 0 Å². The average Bonchev–Trinajstić information content (AvgIpc) is 3.17. The summed E-state index contributed by atoms with van der Waals surface area (Å²) in [5.41, 5.74) is 1.29. The number of nitrogens with zero attached hydrogens (tertiary/aromatic N) is 2. The Kier molecular flexibility index (Phi) is 8.84. The number of morpholine rings is 1. The second kappa shape index (κ2) is 12.3. The highest BCUT2D eigenvalue weighted by Gasteiger charge is 2.46. The largest absolute Gasteiger partial charge is 0.507 e. The van der Waals surface area contributed by atoms with Crippen LogP contribution in [0, 0.1) is 5.92 Å². The Morgan fingerprint density at radius 3 is 2.22 bits per heavy atom. The molecule has 37 heavy (non-hydrogen) atoms. The highest BCUT2D eigenvalue weighted by molar-refractivity contribution is 6.46. The van der Waals surface area contributed by atoms with E-state index < -0.39 is 17.7 Å². The van der Waals surface area contributed by atoms with Crippen molar-refractivity contribution in [2.24, 2.45) is 5.92 Å². The molecule has 0 radical (unpaired) electrons. The van der Waals surface area contributed by atoms with E-state index >= 15 is 0 Å². The second-order valence-corrected chi connectivity index (χ2v) is 9.68. The Hall–Kier alpha value is -3.36. The molecule has 1 N–H and O–H groups in total. The van der Waals surface area contributed by atoms with E-state index in [4.69, 9.17) is 14.2 Å². The van der Waals surface area contributed by atoms with Crippen molar-refractivity contribution in [2.75, 3.05) is 52.6 Å². The number of hydrogen-bond acceptors (Lipinski definition) is 7. The van der Waals surface area contributed by atoms with E-state index in [1.54, 1.807) is 29.2 Å². The van der Waals surface area contributed by atoms with Crippen LogP contribution < -0.4 is 9.47 Å². The molecule has 2 aromatic rings. The molecule has 8 heteroatoms. The summed E-state index contributed by atoms with van der Waals surface area (Å²) in [7, 11) is 0. The highest BCUT2D eigenvalue weighted by Crippen LogP contribution is 2.40. The first-order valence-corrected chi connectivity index (χ1v) is 12.9. The smallest absolute Gasteiger partial charge is 0.295 e. The van der Waals surface area contributed by atoms with Gasteiger partial charge in [-0.25, -0.2) is 0 Å². The summed E-state index contributed by atoms with van der Waals surface area (Å²) in [5.74, 6) is 0.286. The Balaban J connectivity index is 1.66. The first kappa shape index (κ1) is 26.7. The number of rotatable bonds is 10. The minimum absolute atomic E-state index is 0.0898. The van der Waals surface area contributed by atoms with E-state index in [1.807, 2.05) is 31.2 Å². The number of likely N-dealkylation sites (tertiary alicyclic amines) is 1. The monoisotopic (exact) mass is 508 g/mol. The number of benzene rings is 2. The SMILES string of the molecule is CCOc1ccc([C@@H]2/C(=C(\O)c3ccc(OCC(C)C)cc3)C(=O)C(=O)N2CCN2CCOCC2)cc1. The lowest BCUT2D eigenvalue weighted by Crippen LogP contribution is -2.42. The Morgan fingerprint density at radius 1 is 0.973 bits per heavy atom. The molecule has 1 atom stereocenters. The van der Waals surface area contributed by atoms with Gasteiger partial charge in [0.2, 0.25) is 0 Å². The van der Waals surface area contributed by atoms with Gasteiger partial charge in [0.15, 0.2) is 0 Å². The number of ether oxygens (including phenoxy) is 3. The molecule has 0 aromatic heterocycles. The number of amides is 1. The highest BCUT2D eigenvalue weighted by atomic mass is 16.5. The number of hydrogen-bond donors (Lipinski definition) is 1. The van der Waals surface area contributed by atoms with Gasteiger partial charge in [-0.1, -0.05) is 26.0 Å². The number of carbonyl (C=O) groups is 2. The Bertz CT molecular complexity index is 1100. The van der Waals surface area contributed by atoms with Gasteiger partial charge in [-0.3, -0.25) is 14.5 Å². The zero-order valence-corrected chi connectivity index (χ0v) is 21.8. The van der Waals surface area contributed by atoms with Crippen LogP contribution in [0.2, 0.25) is 0 Å². The summed E-state index contributed by atoms with van der Waals surface area (Å²) in [6, 6.07) is 13.6. The van der Waals surface area contributed by atoms with Crippen molar-refractivity contribution < 1.29 is 28.9 Å². The third kappa shape index (κ3) is 6.32. The van der Waals surface area contributed by atoms with Gasteiger partial charge in [-0.05, 0) is 54.8 Å². The van der Waals surface area contributed by atoms with E-state index in [2.05, 4.69) is 18.7 Å². The normalized spacial score (nSPS) is 20.0. The van der Waals surface area contributed by atoms with Gasteiger partial charge < -0.3 is 24.2 Å². The maximum atomic E-state index is 13.3. The van der Waals surface area contributed by atoms with Crippen LogP contribution in [0.1, 0.15) is 37.9 Å². The van der Waals surface area contributed by atoms with Crippen LogP contribution in [-0.4, -0.2) is 79.2 Å². The van der Waals surface area contributed by atoms with Crippen LogP contribution in [0.25, 0.3) is 5.76 Å². The molecule has 2 aliphatic heterocycles. The molecular formula is C29H36N2O6. The van der Waals surface area contributed by atoms with E-state index in [1.165, 1.54) is 0 Å². The predicted molar refractivity (Wildman–Crippen MR) is 141 cm³/mol. The number of aliphatic hydroxyl groups is 1. The lowest BCUT2D eigenvalue weighted by molar-refractivity contribution is -0.140. The molecule has 2 aliphatic rings. The lowest BCUT2D eigenvalue weighted by Gasteiger charge is -2.31. The van der Waals surface area contributed by atoms with Gasteiger partial charge >= 0.3 is 0 Å². The molecule has 2 saturated heterocycles. The van der Waals surface area contributed by atoms with Crippen LogP contribution in [-0.2, 0) is 14.3 Å². The molecule has 2 aromatic carbocycles. The molecule has 8 nitrogen and oxygen atoms in total. The molecule has 0 unspecified atom stereocenters. The van der Waals surface area contributed by atoms with Gasteiger partial charge in [0.1, 0.15) is 17.3 Å². The maximum Gasteiger partial charge on any atom is 0.295 e. The molecule has 198 valence electrons. The van der Waals surface area contributed by atoms with E-state index in [9.17, 15) is 14.7 Å². The van der Waals surface area contributed by atoms with Crippen LogP contribution in [0.3, 0.4) is 0 Å². The number of aliphatic hydroxyl groups excluding tert-OH is 1. The Morgan fingerprint density at radius 2 is 1.59 bits per heavy atom. The maximum absolute atomic E-state index is 13.3. The van der Waals surface area contributed by atoms with Gasteiger partial charge in [-0.15, -0.1) is 0 Å². The number of carbonyl (C=O) groups excluding carboxylic acids is 2. The third-order valence-electron chi connectivity index (χ3n) is 6.52. The minimum atomic E-state index is -0.700. The molecular weight excluding hydrogens is 472 g/mol. The second-order valence-electron chi connectivity index (χ2n) is 9.68. The van der Waals surface area contributed by atoms with Crippen molar-refractivity contribution in [3.8, 4) is 11.5 Å². The topological polar surface area (TPSA) is 88.5 Å². The predicted octanol–water partition coefficient (Wildman–Crippen LogP) is 3.87. The fourth-order valence-electron chi connectivity index (χ4n) is 4.57.